The molecule has 110 valence electrons. The lowest BCUT2D eigenvalue weighted by molar-refractivity contribution is -0.139. The number of rotatable bonds is 7. The molecule has 1 aromatic heterocycles. The first-order chi connectivity index (χ1) is 9.24. The smallest absolute Gasteiger partial charge is 0.321 e. The molecule has 0 saturated heterocycles. The Hall–Kier alpha value is -1.71. The van der Waals surface area contributed by atoms with Gasteiger partial charge in [-0.1, -0.05) is 11.6 Å². The van der Waals surface area contributed by atoms with Crippen molar-refractivity contribution >= 4 is 33.5 Å². The number of nitrogens with two attached hydrogens (primary N) is 1. The van der Waals surface area contributed by atoms with E-state index in [1.54, 1.807) is 0 Å². The van der Waals surface area contributed by atoms with Gasteiger partial charge in [0.15, 0.2) is 0 Å². The lowest BCUT2D eigenvalue weighted by Gasteiger charge is -2.14. The summed E-state index contributed by atoms with van der Waals surface area (Å²) in [5, 5.41) is 8.66. The number of aliphatic carboxylic acids is 1. The summed E-state index contributed by atoms with van der Waals surface area (Å²) in [5.41, 5.74) is 4.90. The highest BCUT2D eigenvalue weighted by Crippen LogP contribution is 2.18. The summed E-state index contributed by atoms with van der Waals surface area (Å²) in [6, 6.07) is 1.05. The third kappa shape index (κ3) is 4.44. The number of aromatic nitrogens is 1. The van der Waals surface area contributed by atoms with Crippen LogP contribution in [0.3, 0.4) is 0 Å². The second kappa shape index (κ2) is 6.64. The number of carbonyl (C=O) groups excluding carboxylic acids is 1. The number of pyridine rings is 1. The molecule has 0 radical (unpaired) electrons. The average Bonchev–Trinajstić information content (AvgIpc) is 2.34. The van der Waals surface area contributed by atoms with Crippen LogP contribution in [0.25, 0.3) is 0 Å². The van der Waals surface area contributed by atoms with E-state index in [1.807, 2.05) is 4.72 Å². The average molecular weight is 322 g/mol. The number of hydrogen-bond donors (Lipinski definition) is 3. The molecule has 0 spiro atoms. The number of carboxylic acid groups (broad SMARTS) is 1. The molecule has 0 aromatic carbocycles. The van der Waals surface area contributed by atoms with Crippen LogP contribution in [0.4, 0.5) is 0 Å². The third-order valence-electron chi connectivity index (χ3n) is 2.29. The fourth-order valence-corrected chi connectivity index (χ4v) is 3.02. The van der Waals surface area contributed by atoms with Crippen LogP contribution in [0.2, 0.25) is 5.15 Å². The number of carbonyl (C=O) groups is 2. The monoisotopic (exact) mass is 321 g/mol. The van der Waals surface area contributed by atoms with Crippen molar-refractivity contribution in [2.24, 2.45) is 5.73 Å². The molecule has 8 nitrogen and oxygen atoms in total. The molecule has 4 N–H and O–H groups in total. The van der Waals surface area contributed by atoms with E-state index in [4.69, 9.17) is 22.4 Å². The van der Waals surface area contributed by atoms with Gasteiger partial charge >= 0.3 is 5.97 Å². The van der Waals surface area contributed by atoms with Crippen LogP contribution in [0, 0.1) is 0 Å². The first-order valence-corrected chi connectivity index (χ1v) is 7.24. The minimum absolute atomic E-state index is 0.262. The van der Waals surface area contributed by atoms with E-state index in [1.165, 1.54) is 18.3 Å². The molecule has 1 aromatic rings. The molecule has 1 atom stereocenters. The predicted octanol–water partition coefficient (Wildman–Crippen LogP) is -0.268. The zero-order valence-electron chi connectivity index (χ0n) is 10.1. The zero-order chi connectivity index (χ0) is 15.3. The molecule has 0 saturated carbocycles. The van der Waals surface area contributed by atoms with Crippen molar-refractivity contribution in [2.45, 2.75) is 23.8 Å². The van der Waals surface area contributed by atoms with E-state index >= 15 is 0 Å². The van der Waals surface area contributed by atoms with E-state index in [2.05, 4.69) is 4.98 Å². The lowest BCUT2D eigenvalue weighted by Crippen LogP contribution is -2.41. The quantitative estimate of drug-likeness (QED) is 0.591. The van der Waals surface area contributed by atoms with E-state index < -0.39 is 27.9 Å². The molecule has 0 unspecified atom stereocenters. The van der Waals surface area contributed by atoms with Crippen LogP contribution >= 0.6 is 11.6 Å². The van der Waals surface area contributed by atoms with Gasteiger partial charge in [0, 0.05) is 12.6 Å². The van der Waals surface area contributed by atoms with Crippen molar-refractivity contribution in [1.29, 1.82) is 0 Å². The summed E-state index contributed by atoms with van der Waals surface area (Å²) in [4.78, 5) is 24.9. The predicted molar refractivity (Wildman–Crippen MR) is 69.4 cm³/mol. The fourth-order valence-electron chi connectivity index (χ4n) is 1.34. The molecule has 0 aliphatic rings. The first-order valence-electron chi connectivity index (χ1n) is 5.38. The number of primary amides is 1. The molecular weight excluding hydrogens is 310 g/mol. The normalized spacial score (nSPS) is 12.8. The van der Waals surface area contributed by atoms with Crippen LogP contribution in [0.1, 0.15) is 12.8 Å². The third-order valence-corrected chi connectivity index (χ3v) is 4.21. The first kappa shape index (κ1) is 16.3. The fraction of sp³-hybridized carbons (Fsp3) is 0.300. The van der Waals surface area contributed by atoms with E-state index in [0.717, 1.165) is 0 Å². The van der Waals surface area contributed by atoms with Crippen molar-refractivity contribution in [3.05, 3.63) is 23.5 Å². The van der Waals surface area contributed by atoms with Crippen molar-refractivity contribution in [3.63, 3.8) is 0 Å². The molecular formula is C10H12ClN3O5S. The van der Waals surface area contributed by atoms with Gasteiger partial charge in [0.2, 0.25) is 15.9 Å². The van der Waals surface area contributed by atoms with Gasteiger partial charge < -0.3 is 10.8 Å². The Morgan fingerprint density at radius 1 is 1.50 bits per heavy atom. The highest BCUT2D eigenvalue weighted by atomic mass is 35.5. The topological polar surface area (TPSA) is 139 Å². The van der Waals surface area contributed by atoms with Crippen LogP contribution in [0.5, 0.6) is 0 Å². The second-order valence-corrected chi connectivity index (χ2v) is 5.85. The van der Waals surface area contributed by atoms with Crippen LogP contribution in [0.15, 0.2) is 23.2 Å². The molecule has 1 amide bonds. The standard InChI is InChI=1S/C10H12ClN3O5S/c11-9-7(2-1-5-13-9)20(18,19)14-6(10(16)17)3-4-8(12)15/h1-2,5-6,14H,3-4H2,(H2,12,15)(H,16,17)/t6-/m0/s1. The Morgan fingerprint density at radius 3 is 2.65 bits per heavy atom. The highest BCUT2D eigenvalue weighted by Gasteiger charge is 2.27. The summed E-state index contributed by atoms with van der Waals surface area (Å²) in [5.74, 6) is -2.15. The van der Waals surface area contributed by atoms with Crippen molar-refractivity contribution in [3.8, 4) is 0 Å². The van der Waals surface area contributed by atoms with Gasteiger partial charge in [-0.25, -0.2) is 13.4 Å². The van der Waals surface area contributed by atoms with Gasteiger partial charge in [-0.15, -0.1) is 0 Å². The summed E-state index contributed by atoms with van der Waals surface area (Å²) in [7, 11) is -4.16. The Bertz CT molecular complexity index is 619. The molecule has 20 heavy (non-hydrogen) atoms. The Morgan fingerprint density at radius 2 is 2.15 bits per heavy atom. The zero-order valence-corrected chi connectivity index (χ0v) is 11.7. The van der Waals surface area contributed by atoms with Crippen LogP contribution < -0.4 is 10.5 Å². The molecule has 0 bridgehead atoms. The van der Waals surface area contributed by atoms with Crippen molar-refractivity contribution in [1.82, 2.24) is 9.71 Å². The molecule has 1 rings (SSSR count). The molecule has 1 heterocycles. The lowest BCUT2D eigenvalue weighted by atomic mass is 10.2. The number of amides is 1. The minimum Gasteiger partial charge on any atom is -0.480 e. The van der Waals surface area contributed by atoms with Gasteiger partial charge in [-0.2, -0.15) is 4.72 Å². The summed E-state index contributed by atoms with van der Waals surface area (Å²) < 4.78 is 25.9. The Labute approximate surface area is 120 Å². The van der Waals surface area contributed by atoms with Gasteiger partial charge in [0.1, 0.15) is 16.1 Å². The number of sulfonamides is 1. The maximum absolute atomic E-state index is 12.0. The number of carboxylic acids is 1. The van der Waals surface area contributed by atoms with Crippen molar-refractivity contribution in [2.75, 3.05) is 0 Å². The van der Waals surface area contributed by atoms with Crippen molar-refractivity contribution < 1.29 is 23.1 Å². The molecule has 10 heteroatoms. The summed E-state index contributed by atoms with van der Waals surface area (Å²) in [6.45, 7) is 0. The van der Waals surface area contributed by atoms with E-state index in [0.29, 0.717) is 0 Å². The van der Waals surface area contributed by atoms with Crippen LogP contribution in [-0.4, -0.2) is 36.4 Å². The Balaban J connectivity index is 2.95. The van der Waals surface area contributed by atoms with E-state index in [9.17, 15) is 18.0 Å². The maximum atomic E-state index is 12.0. The van der Waals surface area contributed by atoms with Gasteiger partial charge in [-0.05, 0) is 18.6 Å². The largest absolute Gasteiger partial charge is 0.480 e. The van der Waals surface area contributed by atoms with Gasteiger partial charge in [0.05, 0.1) is 0 Å². The molecule has 0 aliphatic carbocycles. The van der Waals surface area contributed by atoms with Gasteiger partial charge in [-0.3, -0.25) is 9.59 Å². The van der Waals surface area contributed by atoms with Gasteiger partial charge in [0.25, 0.3) is 0 Å². The van der Waals surface area contributed by atoms with E-state index in [-0.39, 0.29) is 22.9 Å². The summed E-state index contributed by atoms with van der Waals surface area (Å²) in [6.07, 6.45) is 0.769. The maximum Gasteiger partial charge on any atom is 0.321 e. The number of hydrogen-bond acceptors (Lipinski definition) is 5. The summed E-state index contributed by atoms with van der Waals surface area (Å²) >= 11 is 5.65. The Kier molecular flexibility index (Phi) is 5.43. The second-order valence-electron chi connectivity index (χ2n) is 3.81. The minimum atomic E-state index is -4.16. The molecule has 0 aliphatic heterocycles. The number of nitrogens with zero attached hydrogens (tertiary/aromatic N) is 1. The number of halogens is 1. The highest BCUT2D eigenvalue weighted by molar-refractivity contribution is 7.89. The number of nitrogens with one attached hydrogen (secondary N) is 1. The molecule has 0 fully saturated rings. The van der Waals surface area contributed by atoms with Crippen LogP contribution in [-0.2, 0) is 19.6 Å². The SMILES string of the molecule is NC(=O)CC[C@H](NS(=O)(=O)c1cccnc1Cl)C(=O)O.